The first-order chi connectivity index (χ1) is 13.6. The van der Waals surface area contributed by atoms with Crippen molar-refractivity contribution >= 4 is 11.6 Å². The van der Waals surface area contributed by atoms with Crippen LogP contribution in [0, 0.1) is 17.1 Å². The molecule has 0 bridgehead atoms. The van der Waals surface area contributed by atoms with E-state index in [2.05, 4.69) is 11.4 Å². The van der Waals surface area contributed by atoms with Crippen LogP contribution in [0.15, 0.2) is 42.5 Å². The van der Waals surface area contributed by atoms with E-state index in [9.17, 15) is 14.4 Å². The van der Waals surface area contributed by atoms with Crippen molar-refractivity contribution in [1.29, 1.82) is 5.26 Å². The quantitative estimate of drug-likeness (QED) is 0.814. The van der Waals surface area contributed by atoms with Crippen LogP contribution in [-0.2, 0) is 14.9 Å². The first kappa shape index (κ1) is 19.8. The predicted octanol–water partition coefficient (Wildman–Crippen LogP) is 4.17. The van der Waals surface area contributed by atoms with Crippen LogP contribution in [0.1, 0.15) is 37.3 Å². The van der Waals surface area contributed by atoms with Crippen molar-refractivity contribution in [2.24, 2.45) is 0 Å². The summed E-state index contributed by atoms with van der Waals surface area (Å²) in [4.78, 5) is 13.3. The lowest BCUT2D eigenvalue weighted by Crippen LogP contribution is -2.45. The highest BCUT2D eigenvalue weighted by Crippen LogP contribution is 2.38. The Morgan fingerprint density at radius 3 is 2.71 bits per heavy atom. The van der Waals surface area contributed by atoms with Gasteiger partial charge >= 0.3 is 0 Å². The number of ether oxygens (including phenoxy) is 2. The summed E-state index contributed by atoms with van der Waals surface area (Å²) >= 11 is 0. The summed E-state index contributed by atoms with van der Waals surface area (Å²) in [6, 6.07) is 13.4. The molecule has 5 nitrogen and oxygen atoms in total. The maximum absolute atomic E-state index is 14.5. The molecular formula is C22H23FN2O3. The Balaban J connectivity index is 1.91. The molecular weight excluding hydrogens is 359 g/mol. The molecule has 0 radical (unpaired) electrons. The molecule has 0 atom stereocenters. The summed E-state index contributed by atoms with van der Waals surface area (Å²) in [6.07, 6.45) is 1.60. The number of halogens is 1. The summed E-state index contributed by atoms with van der Waals surface area (Å²) in [5, 5.41) is 12.3. The van der Waals surface area contributed by atoms with Gasteiger partial charge in [-0.1, -0.05) is 25.1 Å². The molecule has 1 heterocycles. The van der Waals surface area contributed by atoms with Crippen LogP contribution >= 0.6 is 0 Å². The lowest BCUT2D eigenvalue weighted by Gasteiger charge is -2.36. The molecule has 1 N–H and O–H groups in total. The van der Waals surface area contributed by atoms with Gasteiger partial charge in [-0.05, 0) is 43.5 Å². The fourth-order valence-electron chi connectivity index (χ4n) is 3.46. The van der Waals surface area contributed by atoms with Crippen LogP contribution in [0.3, 0.4) is 0 Å². The molecule has 1 saturated heterocycles. The number of carbonyl (C=O) groups excluding carboxylic acids is 1. The van der Waals surface area contributed by atoms with Crippen molar-refractivity contribution in [3.05, 3.63) is 59.4 Å². The number of hydrogen-bond acceptors (Lipinski definition) is 4. The SMILES string of the molecule is CCCOc1ccc(NC(=O)C2(c3ccccc3F)CCOCC2)c(C#N)c1. The number of anilines is 1. The summed E-state index contributed by atoms with van der Waals surface area (Å²) in [5.74, 6) is -0.172. The average molecular weight is 382 g/mol. The van der Waals surface area contributed by atoms with Crippen LogP contribution in [0.5, 0.6) is 5.75 Å². The fraction of sp³-hybridized carbons (Fsp3) is 0.364. The van der Waals surface area contributed by atoms with E-state index in [0.717, 1.165) is 6.42 Å². The van der Waals surface area contributed by atoms with E-state index >= 15 is 0 Å². The predicted molar refractivity (Wildman–Crippen MR) is 104 cm³/mol. The third kappa shape index (κ3) is 4.00. The van der Waals surface area contributed by atoms with Crippen molar-refractivity contribution in [2.75, 3.05) is 25.1 Å². The van der Waals surface area contributed by atoms with Gasteiger partial charge in [0, 0.05) is 18.8 Å². The fourth-order valence-corrected chi connectivity index (χ4v) is 3.46. The van der Waals surface area contributed by atoms with Gasteiger partial charge in [-0.2, -0.15) is 5.26 Å². The Bertz CT molecular complexity index is 886. The standard InChI is InChI=1S/C22H23FN2O3/c1-2-11-28-17-7-8-20(16(14-17)15-24)25-21(26)22(9-12-27-13-10-22)18-5-3-4-6-19(18)23/h3-8,14H,2,9-13H2,1H3,(H,25,26). The van der Waals surface area contributed by atoms with Crippen molar-refractivity contribution in [3.63, 3.8) is 0 Å². The molecule has 28 heavy (non-hydrogen) atoms. The normalized spacial score (nSPS) is 15.5. The smallest absolute Gasteiger partial charge is 0.235 e. The molecule has 0 spiro atoms. The van der Waals surface area contributed by atoms with Gasteiger partial charge in [0.2, 0.25) is 5.91 Å². The molecule has 1 aliphatic rings. The van der Waals surface area contributed by atoms with Gasteiger partial charge < -0.3 is 14.8 Å². The second-order valence-corrected chi connectivity index (χ2v) is 6.80. The lowest BCUT2D eigenvalue weighted by atomic mass is 9.73. The van der Waals surface area contributed by atoms with E-state index in [4.69, 9.17) is 9.47 Å². The van der Waals surface area contributed by atoms with E-state index in [1.54, 1.807) is 36.4 Å². The minimum atomic E-state index is -1.03. The number of nitrogens with one attached hydrogen (secondary N) is 1. The van der Waals surface area contributed by atoms with Gasteiger partial charge in [0.05, 0.1) is 23.3 Å². The summed E-state index contributed by atoms with van der Waals surface area (Å²) < 4.78 is 25.5. The molecule has 1 aliphatic heterocycles. The number of hydrogen-bond donors (Lipinski definition) is 1. The lowest BCUT2D eigenvalue weighted by molar-refractivity contribution is -0.125. The molecule has 0 aliphatic carbocycles. The van der Waals surface area contributed by atoms with Gasteiger partial charge in [-0.3, -0.25) is 4.79 Å². The topological polar surface area (TPSA) is 71.3 Å². The maximum atomic E-state index is 14.5. The van der Waals surface area contributed by atoms with Crippen molar-refractivity contribution < 1.29 is 18.7 Å². The number of amides is 1. The third-order valence-corrected chi connectivity index (χ3v) is 5.00. The largest absolute Gasteiger partial charge is 0.494 e. The van der Waals surface area contributed by atoms with Crippen LogP contribution in [0.2, 0.25) is 0 Å². The first-order valence-corrected chi connectivity index (χ1v) is 9.42. The summed E-state index contributed by atoms with van der Waals surface area (Å²) in [6.45, 7) is 3.29. The molecule has 1 amide bonds. The Labute approximate surface area is 164 Å². The molecule has 2 aromatic rings. The molecule has 6 heteroatoms. The highest BCUT2D eigenvalue weighted by Gasteiger charge is 2.43. The Kier molecular flexibility index (Phi) is 6.27. The van der Waals surface area contributed by atoms with Crippen LogP contribution in [-0.4, -0.2) is 25.7 Å². The van der Waals surface area contributed by atoms with Crippen molar-refractivity contribution in [2.45, 2.75) is 31.6 Å². The van der Waals surface area contributed by atoms with Crippen molar-refractivity contribution in [1.82, 2.24) is 0 Å². The molecule has 146 valence electrons. The van der Waals surface area contributed by atoms with E-state index < -0.39 is 11.2 Å². The number of nitriles is 1. The van der Waals surface area contributed by atoms with Gasteiger partial charge in [0.25, 0.3) is 0 Å². The van der Waals surface area contributed by atoms with E-state index in [1.807, 2.05) is 6.92 Å². The highest BCUT2D eigenvalue weighted by atomic mass is 19.1. The van der Waals surface area contributed by atoms with E-state index in [0.29, 0.717) is 55.2 Å². The Morgan fingerprint density at radius 1 is 1.29 bits per heavy atom. The molecule has 0 unspecified atom stereocenters. The second kappa shape index (κ2) is 8.85. The van der Waals surface area contributed by atoms with Gasteiger partial charge in [-0.25, -0.2) is 4.39 Å². The zero-order valence-corrected chi connectivity index (χ0v) is 15.8. The molecule has 0 saturated carbocycles. The zero-order valence-electron chi connectivity index (χ0n) is 15.8. The van der Waals surface area contributed by atoms with Crippen molar-refractivity contribution in [3.8, 4) is 11.8 Å². The Morgan fingerprint density at radius 2 is 2.04 bits per heavy atom. The number of nitrogens with zero attached hydrogens (tertiary/aromatic N) is 1. The van der Waals surface area contributed by atoms with E-state index in [-0.39, 0.29) is 5.91 Å². The third-order valence-electron chi connectivity index (χ3n) is 5.00. The van der Waals surface area contributed by atoms with Gasteiger partial charge in [0.15, 0.2) is 0 Å². The monoisotopic (exact) mass is 382 g/mol. The summed E-state index contributed by atoms with van der Waals surface area (Å²) in [7, 11) is 0. The van der Waals surface area contributed by atoms with Gasteiger partial charge in [0.1, 0.15) is 17.6 Å². The molecule has 2 aromatic carbocycles. The minimum absolute atomic E-state index is 0.303. The number of carbonyl (C=O) groups is 1. The Hall–Kier alpha value is -2.91. The zero-order chi connectivity index (χ0) is 20.0. The van der Waals surface area contributed by atoms with Crippen LogP contribution in [0.25, 0.3) is 0 Å². The first-order valence-electron chi connectivity index (χ1n) is 9.42. The van der Waals surface area contributed by atoms with E-state index in [1.165, 1.54) is 6.07 Å². The van der Waals surface area contributed by atoms with Gasteiger partial charge in [-0.15, -0.1) is 0 Å². The minimum Gasteiger partial charge on any atom is -0.494 e. The highest BCUT2D eigenvalue weighted by molar-refractivity contribution is 6.00. The second-order valence-electron chi connectivity index (χ2n) is 6.80. The summed E-state index contributed by atoms with van der Waals surface area (Å²) in [5.41, 5.74) is 0.0155. The maximum Gasteiger partial charge on any atom is 0.235 e. The number of benzene rings is 2. The number of rotatable bonds is 6. The average Bonchev–Trinajstić information content (AvgIpc) is 2.73. The molecule has 1 fully saturated rings. The van der Waals surface area contributed by atoms with Crippen LogP contribution in [0.4, 0.5) is 10.1 Å². The van der Waals surface area contributed by atoms with Crippen LogP contribution < -0.4 is 10.1 Å². The molecule has 3 rings (SSSR count). The molecule has 0 aromatic heterocycles.